The summed E-state index contributed by atoms with van der Waals surface area (Å²) in [7, 11) is 0. The number of hydrogen-bond acceptors (Lipinski definition) is 6. The number of nitrogens with two attached hydrogens (primary N) is 1. The van der Waals surface area contributed by atoms with Gasteiger partial charge in [0.05, 0.1) is 15.6 Å². The van der Waals surface area contributed by atoms with Crippen molar-refractivity contribution >= 4 is 11.5 Å². The van der Waals surface area contributed by atoms with Crippen molar-refractivity contribution in [1.29, 1.82) is 0 Å². The van der Waals surface area contributed by atoms with Crippen molar-refractivity contribution in [2.24, 2.45) is 23.5 Å². The zero-order valence-electron chi connectivity index (χ0n) is 12.7. The van der Waals surface area contributed by atoms with E-state index in [9.17, 15) is 20.2 Å². The molecular formula is C14H19N5O4. The maximum absolute atomic E-state index is 11.3. The lowest BCUT2D eigenvalue weighted by Gasteiger charge is -2.55. The van der Waals surface area contributed by atoms with Crippen LogP contribution in [0, 0.1) is 38.0 Å². The smallest absolute Gasteiger partial charge is 0.358 e. The molecule has 0 atom stereocenters. The molecule has 9 nitrogen and oxygen atoms in total. The summed E-state index contributed by atoms with van der Waals surface area (Å²) in [6.45, 7) is -0.112. The van der Waals surface area contributed by atoms with Crippen LogP contribution in [-0.4, -0.2) is 19.6 Å². The molecule has 0 amide bonds. The highest BCUT2D eigenvalue weighted by Crippen LogP contribution is 2.59. The van der Waals surface area contributed by atoms with E-state index in [4.69, 9.17) is 5.73 Å². The van der Waals surface area contributed by atoms with E-state index in [0.29, 0.717) is 17.8 Å². The Bertz CT molecular complexity index is 662. The van der Waals surface area contributed by atoms with Gasteiger partial charge in [-0.05, 0) is 61.2 Å². The predicted octanol–water partition coefficient (Wildman–Crippen LogP) is 2.08. The van der Waals surface area contributed by atoms with Crippen molar-refractivity contribution in [2.75, 3.05) is 0 Å². The molecule has 2 N–H and O–H groups in total. The lowest BCUT2D eigenvalue weighted by molar-refractivity contribution is -0.425. The first-order valence-electron chi connectivity index (χ1n) is 8.05. The van der Waals surface area contributed by atoms with Crippen molar-refractivity contribution in [3.05, 3.63) is 25.9 Å². The minimum atomic E-state index is -0.770. The van der Waals surface area contributed by atoms with Crippen LogP contribution in [0.3, 0.4) is 0 Å². The summed E-state index contributed by atoms with van der Waals surface area (Å²) < 4.78 is 1.58. The average Bonchev–Trinajstić information content (AvgIpc) is 2.86. The number of hydrogen-bond donors (Lipinski definition) is 1. The maximum atomic E-state index is 11.3. The third-order valence-corrected chi connectivity index (χ3v) is 5.94. The van der Waals surface area contributed by atoms with Crippen LogP contribution in [-0.2, 0) is 12.1 Å². The van der Waals surface area contributed by atoms with Gasteiger partial charge in [-0.15, -0.1) is 0 Å². The Morgan fingerprint density at radius 1 is 1.09 bits per heavy atom. The highest BCUT2D eigenvalue weighted by atomic mass is 16.6. The summed E-state index contributed by atoms with van der Waals surface area (Å²) in [5.41, 5.74) is 5.08. The lowest BCUT2D eigenvalue weighted by atomic mass is 9.53. The summed E-state index contributed by atoms with van der Waals surface area (Å²) in [5, 5.41) is 26.6. The molecule has 0 saturated heterocycles. The van der Waals surface area contributed by atoms with E-state index in [1.54, 1.807) is 4.68 Å². The van der Waals surface area contributed by atoms with E-state index < -0.39 is 21.4 Å². The fourth-order valence-electron chi connectivity index (χ4n) is 5.64. The van der Waals surface area contributed by atoms with E-state index in [1.165, 1.54) is 19.3 Å². The van der Waals surface area contributed by atoms with Gasteiger partial charge in [-0.25, -0.2) is 0 Å². The molecule has 9 heteroatoms. The average molecular weight is 321 g/mol. The van der Waals surface area contributed by atoms with Gasteiger partial charge in [0.15, 0.2) is 5.69 Å². The van der Waals surface area contributed by atoms with Crippen LogP contribution in [0.25, 0.3) is 0 Å². The third-order valence-electron chi connectivity index (χ3n) is 5.94. The molecule has 0 radical (unpaired) electrons. The summed E-state index contributed by atoms with van der Waals surface area (Å²) in [4.78, 5) is 21.1. The number of nitro groups is 2. The van der Waals surface area contributed by atoms with E-state index in [1.807, 2.05) is 0 Å². The molecule has 4 aliphatic rings. The lowest BCUT2D eigenvalue weighted by Crippen LogP contribution is -2.52. The molecule has 1 heterocycles. The van der Waals surface area contributed by atoms with Gasteiger partial charge in [-0.2, -0.15) is 4.68 Å². The van der Waals surface area contributed by atoms with E-state index in [-0.39, 0.29) is 17.8 Å². The van der Waals surface area contributed by atoms with Gasteiger partial charge >= 0.3 is 11.5 Å². The molecule has 0 aliphatic heterocycles. The van der Waals surface area contributed by atoms with Gasteiger partial charge in [-0.3, -0.25) is 10.1 Å². The van der Waals surface area contributed by atoms with Gasteiger partial charge in [0.2, 0.25) is 0 Å². The second-order valence-electron chi connectivity index (χ2n) is 7.39. The molecule has 4 fully saturated rings. The van der Waals surface area contributed by atoms with E-state index in [0.717, 1.165) is 19.3 Å². The fraction of sp³-hybridized carbons (Fsp3) is 0.786. The molecule has 4 aliphatic carbocycles. The first kappa shape index (κ1) is 14.6. The molecule has 5 rings (SSSR count). The van der Waals surface area contributed by atoms with Crippen LogP contribution in [0.2, 0.25) is 0 Å². The van der Waals surface area contributed by atoms with Gasteiger partial charge in [-0.1, -0.05) is 0 Å². The van der Waals surface area contributed by atoms with Crippen molar-refractivity contribution in [1.82, 2.24) is 9.78 Å². The molecule has 4 saturated carbocycles. The highest BCUT2D eigenvalue weighted by Gasteiger charge is 2.56. The maximum Gasteiger partial charge on any atom is 0.468 e. The normalized spacial score (nSPS) is 34.7. The van der Waals surface area contributed by atoms with Crippen molar-refractivity contribution in [3.63, 3.8) is 0 Å². The number of rotatable bonds is 4. The van der Waals surface area contributed by atoms with Crippen molar-refractivity contribution < 1.29 is 9.85 Å². The molecular weight excluding hydrogens is 302 g/mol. The summed E-state index contributed by atoms with van der Waals surface area (Å²) in [6, 6.07) is 0. The second kappa shape index (κ2) is 4.73. The van der Waals surface area contributed by atoms with Crippen LogP contribution in [0.5, 0.6) is 0 Å². The van der Waals surface area contributed by atoms with E-state index in [2.05, 4.69) is 5.10 Å². The first-order valence-corrected chi connectivity index (χ1v) is 8.05. The van der Waals surface area contributed by atoms with Gasteiger partial charge < -0.3 is 15.8 Å². The minimum absolute atomic E-state index is 0.112. The molecule has 0 unspecified atom stereocenters. The van der Waals surface area contributed by atoms with Gasteiger partial charge in [0.25, 0.3) is 0 Å². The Kier molecular flexibility index (Phi) is 2.99. The zero-order valence-corrected chi connectivity index (χ0v) is 12.7. The van der Waals surface area contributed by atoms with Gasteiger partial charge in [0.1, 0.15) is 0 Å². The van der Waals surface area contributed by atoms with Crippen molar-refractivity contribution in [2.45, 2.75) is 50.6 Å². The van der Waals surface area contributed by atoms with Crippen LogP contribution in [0.15, 0.2) is 0 Å². The Hall–Kier alpha value is -2.03. The largest absolute Gasteiger partial charge is 0.468 e. The monoisotopic (exact) mass is 321 g/mol. The Balaban J connectivity index is 1.87. The van der Waals surface area contributed by atoms with Crippen LogP contribution in [0.1, 0.15) is 44.2 Å². The van der Waals surface area contributed by atoms with Crippen LogP contribution < -0.4 is 5.73 Å². The standard InChI is InChI=1S/C14H19N5O4/c15-7-11-12(18(20)21)13(19(22)23)16-17(11)14-4-8-1-9(5-14)3-10(2-8)6-14/h8-10H,1-7,15H2. The molecule has 1 aromatic heterocycles. The second-order valence-corrected chi connectivity index (χ2v) is 7.39. The molecule has 0 aromatic carbocycles. The molecule has 4 bridgehead atoms. The Morgan fingerprint density at radius 3 is 2.00 bits per heavy atom. The molecule has 124 valence electrons. The molecule has 1 aromatic rings. The first-order chi connectivity index (χ1) is 10.9. The minimum Gasteiger partial charge on any atom is -0.358 e. The highest BCUT2D eigenvalue weighted by molar-refractivity contribution is 5.51. The quantitative estimate of drug-likeness (QED) is 0.667. The van der Waals surface area contributed by atoms with Crippen LogP contribution in [0.4, 0.5) is 11.5 Å². The van der Waals surface area contributed by atoms with Crippen molar-refractivity contribution in [3.8, 4) is 0 Å². The Morgan fingerprint density at radius 2 is 1.61 bits per heavy atom. The number of aromatic nitrogens is 2. The summed E-state index contributed by atoms with van der Waals surface area (Å²) in [6.07, 6.45) is 6.35. The zero-order chi connectivity index (χ0) is 16.4. The SMILES string of the molecule is NCc1c([N+](=O)[O-])c([N+](=O)[O-])nn1C12CC3CC(CC(C3)C1)C2. The van der Waals surface area contributed by atoms with Gasteiger partial charge in [0, 0.05) is 6.54 Å². The van der Waals surface area contributed by atoms with E-state index >= 15 is 0 Å². The topological polar surface area (TPSA) is 130 Å². The summed E-state index contributed by atoms with van der Waals surface area (Å²) in [5.74, 6) is 1.14. The molecule has 23 heavy (non-hydrogen) atoms. The van der Waals surface area contributed by atoms with Crippen LogP contribution >= 0.6 is 0 Å². The predicted molar refractivity (Wildman–Crippen MR) is 79.6 cm³/mol. The summed E-state index contributed by atoms with van der Waals surface area (Å²) >= 11 is 0. The molecule has 0 spiro atoms. The third kappa shape index (κ3) is 1.99. The number of nitrogens with zero attached hydrogens (tertiary/aromatic N) is 4. The Labute approximate surface area is 132 Å². The fourth-order valence-corrected chi connectivity index (χ4v) is 5.64.